The molecule has 0 aliphatic carbocycles. The lowest BCUT2D eigenvalue weighted by atomic mass is 10.3. The van der Waals surface area contributed by atoms with Gasteiger partial charge in [0.1, 0.15) is 0 Å². The molecule has 1 aliphatic rings. The molecule has 0 aromatic heterocycles. The van der Waals surface area contributed by atoms with Gasteiger partial charge in [-0.05, 0) is 31.3 Å². The summed E-state index contributed by atoms with van der Waals surface area (Å²) in [4.78, 5) is 5.19. The first-order valence-corrected chi connectivity index (χ1v) is 9.14. The molecule has 21 heavy (non-hydrogen) atoms. The molecule has 1 heterocycles. The zero-order chi connectivity index (χ0) is 15.3. The van der Waals surface area contributed by atoms with Crippen molar-refractivity contribution in [3.8, 4) is 0 Å². The van der Waals surface area contributed by atoms with Gasteiger partial charge in [-0.1, -0.05) is 6.92 Å². The van der Waals surface area contributed by atoms with Crippen LogP contribution in [0.15, 0.2) is 29.2 Å². The fraction of sp³-hybridized carbons (Fsp3) is 0.600. The Hall–Kier alpha value is -1.11. The molecule has 1 N–H and O–H groups in total. The molecular formula is C15H25N3O2S. The van der Waals surface area contributed by atoms with Gasteiger partial charge in [0, 0.05) is 45.0 Å². The molecule has 0 spiro atoms. The molecule has 1 fully saturated rings. The van der Waals surface area contributed by atoms with Gasteiger partial charge < -0.3 is 10.2 Å². The number of nitrogens with zero attached hydrogens (tertiary/aromatic N) is 2. The van der Waals surface area contributed by atoms with Crippen LogP contribution in [0, 0.1) is 0 Å². The SMILES string of the molecule is CCS(=O)(=O)c1ccc(NCCN2CCN(C)CC2)cc1. The Morgan fingerprint density at radius 3 is 2.29 bits per heavy atom. The monoisotopic (exact) mass is 311 g/mol. The Morgan fingerprint density at radius 2 is 1.71 bits per heavy atom. The summed E-state index contributed by atoms with van der Waals surface area (Å²) < 4.78 is 23.5. The molecule has 1 aliphatic heterocycles. The summed E-state index contributed by atoms with van der Waals surface area (Å²) in [6.07, 6.45) is 0. The maximum absolute atomic E-state index is 11.7. The maximum atomic E-state index is 11.7. The molecule has 118 valence electrons. The number of benzene rings is 1. The van der Waals surface area contributed by atoms with Crippen LogP contribution in [0.25, 0.3) is 0 Å². The summed E-state index contributed by atoms with van der Waals surface area (Å²) in [7, 11) is -0.944. The van der Waals surface area contributed by atoms with Crippen LogP contribution < -0.4 is 5.32 Å². The second-order valence-electron chi connectivity index (χ2n) is 5.50. The largest absolute Gasteiger partial charge is 0.384 e. The van der Waals surface area contributed by atoms with Gasteiger partial charge in [0.2, 0.25) is 0 Å². The number of rotatable bonds is 6. The standard InChI is InChI=1S/C15H25N3O2S/c1-3-21(19,20)15-6-4-14(5-7-15)16-8-9-18-12-10-17(2)11-13-18/h4-7,16H,3,8-13H2,1-2H3. The summed E-state index contributed by atoms with van der Waals surface area (Å²) in [5, 5.41) is 3.35. The lowest BCUT2D eigenvalue weighted by Crippen LogP contribution is -2.45. The minimum absolute atomic E-state index is 0.142. The molecule has 0 bridgehead atoms. The topological polar surface area (TPSA) is 52.7 Å². The molecule has 1 aromatic carbocycles. The minimum atomic E-state index is -3.10. The molecule has 0 amide bonds. The van der Waals surface area contributed by atoms with Gasteiger partial charge in [-0.2, -0.15) is 0 Å². The Bertz CT molecular complexity index is 535. The van der Waals surface area contributed by atoms with E-state index < -0.39 is 9.84 Å². The van der Waals surface area contributed by atoms with E-state index in [9.17, 15) is 8.42 Å². The fourth-order valence-electron chi connectivity index (χ4n) is 2.38. The summed E-state index contributed by atoms with van der Waals surface area (Å²) in [5.74, 6) is 0.142. The van der Waals surface area contributed by atoms with E-state index in [1.807, 2.05) is 12.1 Å². The highest BCUT2D eigenvalue weighted by Crippen LogP contribution is 2.15. The Kier molecular flexibility index (Phi) is 5.61. The number of likely N-dealkylation sites (N-methyl/N-ethyl adjacent to an activating group) is 1. The Balaban J connectivity index is 1.79. The predicted octanol–water partition coefficient (Wildman–Crippen LogP) is 1.14. The highest BCUT2D eigenvalue weighted by atomic mass is 32.2. The van der Waals surface area contributed by atoms with E-state index in [1.165, 1.54) is 0 Å². The maximum Gasteiger partial charge on any atom is 0.178 e. The van der Waals surface area contributed by atoms with Crippen molar-refractivity contribution in [1.29, 1.82) is 0 Å². The van der Waals surface area contributed by atoms with Crippen LogP contribution in [0.4, 0.5) is 5.69 Å². The summed E-state index contributed by atoms with van der Waals surface area (Å²) in [6, 6.07) is 7.03. The first-order chi connectivity index (χ1) is 10.0. The Labute approximate surface area is 127 Å². The normalized spacial score (nSPS) is 17.8. The van der Waals surface area contributed by atoms with Gasteiger partial charge in [0.15, 0.2) is 9.84 Å². The number of anilines is 1. The molecule has 5 nitrogen and oxygen atoms in total. The highest BCUT2D eigenvalue weighted by Gasteiger charge is 2.13. The number of piperazine rings is 1. The van der Waals surface area contributed by atoms with Crippen molar-refractivity contribution in [1.82, 2.24) is 9.80 Å². The van der Waals surface area contributed by atoms with E-state index in [2.05, 4.69) is 22.2 Å². The predicted molar refractivity (Wildman–Crippen MR) is 86.6 cm³/mol. The zero-order valence-corrected chi connectivity index (χ0v) is 13.7. The van der Waals surface area contributed by atoms with Gasteiger partial charge in [0.05, 0.1) is 10.6 Å². The fourth-order valence-corrected chi connectivity index (χ4v) is 3.26. The third kappa shape index (κ3) is 4.69. The van der Waals surface area contributed by atoms with Gasteiger partial charge in [-0.25, -0.2) is 8.42 Å². The smallest absolute Gasteiger partial charge is 0.178 e. The van der Waals surface area contributed by atoms with Crippen LogP contribution in [0.1, 0.15) is 6.92 Å². The lowest BCUT2D eigenvalue weighted by Gasteiger charge is -2.32. The zero-order valence-electron chi connectivity index (χ0n) is 12.9. The third-order valence-electron chi connectivity index (χ3n) is 3.95. The van der Waals surface area contributed by atoms with Crippen molar-refractivity contribution >= 4 is 15.5 Å². The van der Waals surface area contributed by atoms with Crippen LogP contribution in [0.2, 0.25) is 0 Å². The van der Waals surface area contributed by atoms with Crippen molar-refractivity contribution in [2.45, 2.75) is 11.8 Å². The molecular weight excluding hydrogens is 286 g/mol. The van der Waals surface area contributed by atoms with Crippen molar-refractivity contribution in [3.63, 3.8) is 0 Å². The number of sulfone groups is 1. The summed E-state index contributed by atoms with van der Waals surface area (Å²) >= 11 is 0. The van der Waals surface area contributed by atoms with E-state index in [-0.39, 0.29) is 5.75 Å². The second kappa shape index (κ2) is 7.24. The van der Waals surface area contributed by atoms with Crippen LogP contribution in [0.5, 0.6) is 0 Å². The minimum Gasteiger partial charge on any atom is -0.384 e. The van der Waals surface area contributed by atoms with Gasteiger partial charge in [-0.15, -0.1) is 0 Å². The van der Waals surface area contributed by atoms with Crippen LogP contribution in [-0.4, -0.2) is 70.3 Å². The van der Waals surface area contributed by atoms with Gasteiger partial charge in [0.25, 0.3) is 0 Å². The third-order valence-corrected chi connectivity index (χ3v) is 5.70. The van der Waals surface area contributed by atoms with Crippen molar-refractivity contribution in [3.05, 3.63) is 24.3 Å². The summed E-state index contributed by atoms with van der Waals surface area (Å²) in [5.41, 5.74) is 0.971. The van der Waals surface area contributed by atoms with E-state index in [4.69, 9.17) is 0 Å². The molecule has 0 unspecified atom stereocenters. The first kappa shape index (κ1) is 16.3. The van der Waals surface area contributed by atoms with Crippen molar-refractivity contribution < 1.29 is 8.42 Å². The second-order valence-corrected chi connectivity index (χ2v) is 7.78. The van der Waals surface area contributed by atoms with Crippen LogP contribution in [-0.2, 0) is 9.84 Å². The molecule has 0 radical (unpaired) electrons. The first-order valence-electron chi connectivity index (χ1n) is 7.49. The highest BCUT2D eigenvalue weighted by molar-refractivity contribution is 7.91. The van der Waals surface area contributed by atoms with E-state index in [0.717, 1.165) is 45.0 Å². The van der Waals surface area contributed by atoms with Crippen LogP contribution in [0.3, 0.4) is 0 Å². The molecule has 0 saturated carbocycles. The van der Waals surface area contributed by atoms with Gasteiger partial charge >= 0.3 is 0 Å². The van der Waals surface area contributed by atoms with E-state index in [1.54, 1.807) is 19.1 Å². The molecule has 2 rings (SSSR count). The molecule has 1 saturated heterocycles. The van der Waals surface area contributed by atoms with E-state index in [0.29, 0.717) is 4.90 Å². The molecule has 0 atom stereocenters. The molecule has 1 aromatic rings. The van der Waals surface area contributed by atoms with Crippen molar-refractivity contribution in [2.24, 2.45) is 0 Å². The Morgan fingerprint density at radius 1 is 1.10 bits per heavy atom. The number of hydrogen-bond donors (Lipinski definition) is 1. The molecule has 6 heteroatoms. The lowest BCUT2D eigenvalue weighted by molar-refractivity contribution is 0.158. The summed E-state index contributed by atoms with van der Waals surface area (Å²) in [6.45, 7) is 8.05. The quantitative estimate of drug-likeness (QED) is 0.854. The van der Waals surface area contributed by atoms with Crippen molar-refractivity contribution in [2.75, 3.05) is 57.4 Å². The average Bonchev–Trinajstić information content (AvgIpc) is 2.50. The number of nitrogens with one attached hydrogen (secondary N) is 1. The van der Waals surface area contributed by atoms with Gasteiger partial charge in [-0.3, -0.25) is 4.90 Å². The average molecular weight is 311 g/mol. The van der Waals surface area contributed by atoms with E-state index >= 15 is 0 Å². The number of hydrogen-bond acceptors (Lipinski definition) is 5. The van der Waals surface area contributed by atoms with Crippen LogP contribution >= 0.6 is 0 Å².